The number of hydrogen-bond donors (Lipinski definition) is 1. The van der Waals surface area contributed by atoms with Gasteiger partial charge in [0, 0.05) is 11.0 Å². The Hall–Kier alpha value is -1.51. The van der Waals surface area contributed by atoms with E-state index in [9.17, 15) is 4.79 Å². The van der Waals surface area contributed by atoms with Crippen molar-refractivity contribution in [2.75, 3.05) is 6.61 Å². The molecule has 2 aliphatic rings. The van der Waals surface area contributed by atoms with Crippen LogP contribution in [0.4, 0.5) is 0 Å². The molecule has 0 amide bonds. The maximum absolute atomic E-state index is 11.1. The van der Waals surface area contributed by atoms with E-state index < -0.39 is 5.97 Å². The first kappa shape index (κ1) is 10.6. The fourth-order valence-electron chi connectivity index (χ4n) is 3.24. The van der Waals surface area contributed by atoms with E-state index >= 15 is 0 Å². The fraction of sp³-hybridized carbons (Fsp3) is 0.500. The minimum absolute atomic E-state index is 0.103. The van der Waals surface area contributed by atoms with Gasteiger partial charge in [-0.15, -0.1) is 0 Å². The summed E-state index contributed by atoms with van der Waals surface area (Å²) in [5.41, 5.74) is 2.57. The lowest BCUT2D eigenvalue weighted by molar-refractivity contribution is 0.0696. The van der Waals surface area contributed by atoms with Gasteiger partial charge in [0.25, 0.3) is 0 Å². The van der Waals surface area contributed by atoms with Gasteiger partial charge in [0.2, 0.25) is 0 Å². The minimum Gasteiger partial charge on any atom is -0.492 e. The number of ether oxygens (including phenoxy) is 1. The second kappa shape index (κ2) is 3.49. The van der Waals surface area contributed by atoms with E-state index in [0.717, 1.165) is 36.3 Å². The molecular formula is C14H16O3. The molecule has 1 fully saturated rings. The number of carbonyl (C=O) groups is 1. The summed E-state index contributed by atoms with van der Waals surface area (Å²) in [6, 6.07) is 3.53. The minimum atomic E-state index is -0.851. The molecule has 17 heavy (non-hydrogen) atoms. The average Bonchev–Trinajstić information content (AvgIpc) is 2.89. The molecule has 1 aliphatic carbocycles. The molecule has 3 rings (SSSR count). The van der Waals surface area contributed by atoms with Crippen LogP contribution in [0.2, 0.25) is 0 Å². The molecule has 0 saturated heterocycles. The summed E-state index contributed by atoms with van der Waals surface area (Å²) < 4.78 is 5.81. The topological polar surface area (TPSA) is 46.5 Å². The van der Waals surface area contributed by atoms with Gasteiger partial charge in [0.15, 0.2) is 0 Å². The van der Waals surface area contributed by atoms with Gasteiger partial charge in [-0.3, -0.25) is 0 Å². The highest BCUT2D eigenvalue weighted by Gasteiger charge is 2.43. The summed E-state index contributed by atoms with van der Waals surface area (Å²) in [6.07, 6.45) is 4.70. The van der Waals surface area contributed by atoms with E-state index in [2.05, 4.69) is 0 Å². The standard InChI is InChI=1S/C14H16O3/c1-9-6-10(13(15)16)7-11-12(9)17-8-14(11)4-2-3-5-14/h6-7H,2-5,8H2,1H3,(H,15,16). The van der Waals surface area contributed by atoms with Gasteiger partial charge in [-0.2, -0.15) is 0 Å². The predicted molar refractivity (Wildman–Crippen MR) is 63.8 cm³/mol. The van der Waals surface area contributed by atoms with Crippen molar-refractivity contribution in [2.24, 2.45) is 0 Å². The first-order chi connectivity index (χ1) is 8.12. The second-order valence-corrected chi connectivity index (χ2v) is 5.25. The molecule has 1 aliphatic heterocycles. The lowest BCUT2D eigenvalue weighted by Crippen LogP contribution is -2.23. The van der Waals surface area contributed by atoms with Crippen LogP contribution < -0.4 is 4.74 Å². The number of aryl methyl sites for hydroxylation is 1. The Balaban J connectivity index is 2.16. The van der Waals surface area contributed by atoms with Crippen LogP contribution in [-0.2, 0) is 5.41 Å². The van der Waals surface area contributed by atoms with Crippen molar-refractivity contribution in [3.63, 3.8) is 0 Å². The Morgan fingerprint density at radius 3 is 2.71 bits per heavy atom. The number of hydrogen-bond acceptors (Lipinski definition) is 2. The van der Waals surface area contributed by atoms with Crippen LogP contribution in [0.3, 0.4) is 0 Å². The Labute approximate surface area is 100 Å². The zero-order chi connectivity index (χ0) is 12.0. The smallest absolute Gasteiger partial charge is 0.335 e. The van der Waals surface area contributed by atoms with Gasteiger partial charge in [0.05, 0.1) is 12.2 Å². The zero-order valence-electron chi connectivity index (χ0n) is 9.95. The average molecular weight is 232 g/mol. The first-order valence-electron chi connectivity index (χ1n) is 6.14. The monoisotopic (exact) mass is 232 g/mol. The lowest BCUT2D eigenvalue weighted by Gasteiger charge is -2.21. The fourth-order valence-corrected chi connectivity index (χ4v) is 3.24. The van der Waals surface area contributed by atoms with Crippen LogP contribution in [0, 0.1) is 6.92 Å². The first-order valence-corrected chi connectivity index (χ1v) is 6.14. The van der Waals surface area contributed by atoms with Gasteiger partial charge >= 0.3 is 5.97 Å². The maximum Gasteiger partial charge on any atom is 0.335 e. The number of carboxylic acid groups (broad SMARTS) is 1. The molecule has 0 atom stereocenters. The SMILES string of the molecule is Cc1cc(C(=O)O)cc2c1OCC21CCCC1. The summed E-state index contributed by atoms with van der Waals surface area (Å²) in [5, 5.41) is 9.13. The molecule has 1 saturated carbocycles. The van der Waals surface area contributed by atoms with Crippen LogP contribution in [-0.4, -0.2) is 17.7 Å². The lowest BCUT2D eigenvalue weighted by atomic mass is 9.80. The molecule has 0 aromatic heterocycles. The summed E-state index contributed by atoms with van der Waals surface area (Å²) in [4.78, 5) is 11.1. The third-order valence-corrected chi connectivity index (χ3v) is 4.15. The van der Waals surface area contributed by atoms with Crippen molar-refractivity contribution >= 4 is 5.97 Å². The number of fused-ring (bicyclic) bond motifs is 2. The molecule has 1 N–H and O–H groups in total. The summed E-state index contributed by atoms with van der Waals surface area (Å²) >= 11 is 0. The normalized spacial score (nSPS) is 20.3. The van der Waals surface area contributed by atoms with Crippen LogP contribution >= 0.6 is 0 Å². The molecule has 3 nitrogen and oxygen atoms in total. The number of rotatable bonds is 1. The van der Waals surface area contributed by atoms with Crippen LogP contribution in [0.15, 0.2) is 12.1 Å². The third-order valence-electron chi connectivity index (χ3n) is 4.15. The summed E-state index contributed by atoms with van der Waals surface area (Å²) in [6.45, 7) is 2.66. The van der Waals surface area contributed by atoms with E-state index in [0.29, 0.717) is 5.56 Å². The van der Waals surface area contributed by atoms with Crippen LogP contribution in [0.25, 0.3) is 0 Å². The van der Waals surface area contributed by atoms with Crippen molar-refractivity contribution in [2.45, 2.75) is 38.0 Å². The summed E-state index contributed by atoms with van der Waals surface area (Å²) in [5.74, 6) is 0.0767. The van der Waals surface area contributed by atoms with E-state index in [1.807, 2.05) is 13.0 Å². The molecule has 0 unspecified atom stereocenters. The van der Waals surface area contributed by atoms with E-state index in [1.54, 1.807) is 6.07 Å². The molecule has 1 aromatic rings. The van der Waals surface area contributed by atoms with Crippen LogP contribution in [0.1, 0.15) is 47.2 Å². The molecule has 3 heteroatoms. The van der Waals surface area contributed by atoms with Crippen molar-refractivity contribution in [1.82, 2.24) is 0 Å². The van der Waals surface area contributed by atoms with Gasteiger partial charge < -0.3 is 9.84 Å². The highest BCUT2D eigenvalue weighted by molar-refractivity contribution is 5.88. The number of benzene rings is 1. The van der Waals surface area contributed by atoms with Gasteiger partial charge in [0.1, 0.15) is 5.75 Å². The Kier molecular flexibility index (Phi) is 2.18. The van der Waals surface area contributed by atoms with Crippen molar-refractivity contribution in [3.8, 4) is 5.75 Å². The highest BCUT2D eigenvalue weighted by Crippen LogP contribution is 2.50. The van der Waals surface area contributed by atoms with Gasteiger partial charge in [-0.1, -0.05) is 12.8 Å². The molecule has 1 aromatic carbocycles. The molecule has 90 valence electrons. The Bertz CT molecular complexity index is 484. The second-order valence-electron chi connectivity index (χ2n) is 5.25. The van der Waals surface area contributed by atoms with E-state index in [4.69, 9.17) is 9.84 Å². The number of aromatic carboxylic acids is 1. The predicted octanol–water partition coefficient (Wildman–Crippen LogP) is 2.90. The quantitative estimate of drug-likeness (QED) is 0.809. The van der Waals surface area contributed by atoms with Crippen molar-refractivity contribution in [1.29, 1.82) is 0 Å². The Morgan fingerprint density at radius 2 is 2.06 bits per heavy atom. The molecule has 1 spiro atoms. The maximum atomic E-state index is 11.1. The van der Waals surface area contributed by atoms with E-state index in [-0.39, 0.29) is 5.41 Å². The molecule has 0 radical (unpaired) electrons. The molecule has 1 heterocycles. The molecular weight excluding hydrogens is 216 g/mol. The number of carboxylic acids is 1. The van der Waals surface area contributed by atoms with Crippen LogP contribution in [0.5, 0.6) is 5.75 Å². The van der Waals surface area contributed by atoms with E-state index in [1.165, 1.54) is 12.8 Å². The van der Waals surface area contributed by atoms with Crippen molar-refractivity contribution in [3.05, 3.63) is 28.8 Å². The summed E-state index contributed by atoms with van der Waals surface area (Å²) in [7, 11) is 0. The van der Waals surface area contributed by atoms with Crippen molar-refractivity contribution < 1.29 is 14.6 Å². The third kappa shape index (κ3) is 1.45. The Morgan fingerprint density at radius 1 is 1.35 bits per heavy atom. The molecule has 0 bridgehead atoms. The van der Waals surface area contributed by atoms with Gasteiger partial charge in [-0.25, -0.2) is 4.79 Å². The highest BCUT2D eigenvalue weighted by atomic mass is 16.5. The van der Waals surface area contributed by atoms with Gasteiger partial charge in [-0.05, 0) is 37.5 Å². The zero-order valence-corrected chi connectivity index (χ0v) is 9.95. The largest absolute Gasteiger partial charge is 0.492 e.